The molecule has 1 amide bonds. The van der Waals surface area contributed by atoms with E-state index >= 15 is 0 Å². The summed E-state index contributed by atoms with van der Waals surface area (Å²) in [6, 6.07) is 4.21. The first-order chi connectivity index (χ1) is 10.7. The van der Waals surface area contributed by atoms with Gasteiger partial charge in [-0.1, -0.05) is 0 Å². The Bertz CT molecular complexity index is 549. The molecule has 1 aromatic heterocycles. The predicted octanol–water partition coefficient (Wildman–Crippen LogP) is 3.74. The van der Waals surface area contributed by atoms with Crippen LogP contribution in [-0.4, -0.2) is 36.3 Å². The molecule has 0 aliphatic carbocycles. The average Bonchev–Trinajstić information content (AvgIpc) is 2.47. The first kappa shape index (κ1) is 18.3. The third kappa shape index (κ3) is 5.82. The molecule has 1 saturated heterocycles. The topological polar surface area (TPSA) is 54.5 Å². The van der Waals surface area contributed by atoms with Crippen molar-refractivity contribution in [1.82, 2.24) is 10.3 Å². The molecule has 0 unspecified atom stereocenters. The highest BCUT2D eigenvalue weighted by Gasteiger charge is 2.22. The number of carbonyl (C=O) groups is 1. The van der Waals surface area contributed by atoms with Gasteiger partial charge in [0, 0.05) is 23.2 Å². The number of hydrogen-bond acceptors (Lipinski definition) is 4. The normalized spacial score (nSPS) is 16.3. The summed E-state index contributed by atoms with van der Waals surface area (Å²) >= 11 is 2.31. The van der Waals surface area contributed by atoms with Crippen LogP contribution in [0.4, 0.5) is 10.6 Å². The molecule has 1 fully saturated rings. The number of aromatic nitrogens is 1. The van der Waals surface area contributed by atoms with E-state index in [1.54, 1.807) is 0 Å². The van der Waals surface area contributed by atoms with Crippen molar-refractivity contribution in [2.45, 2.75) is 46.1 Å². The van der Waals surface area contributed by atoms with Crippen LogP contribution in [-0.2, 0) is 4.74 Å². The fourth-order valence-electron chi connectivity index (χ4n) is 2.61. The number of aryl methyl sites for hydroxylation is 1. The van der Waals surface area contributed by atoms with E-state index in [0.717, 1.165) is 37.4 Å². The van der Waals surface area contributed by atoms with Gasteiger partial charge in [0.2, 0.25) is 0 Å². The van der Waals surface area contributed by atoms with Crippen LogP contribution in [0.5, 0.6) is 0 Å². The summed E-state index contributed by atoms with van der Waals surface area (Å²) in [6.45, 7) is 10.3. The number of anilines is 1. The van der Waals surface area contributed by atoms with Gasteiger partial charge in [0.05, 0.1) is 5.69 Å². The van der Waals surface area contributed by atoms with Crippen molar-refractivity contribution in [3.8, 4) is 0 Å². The number of hydrogen-bond donors (Lipinski definition) is 1. The summed E-state index contributed by atoms with van der Waals surface area (Å²) in [7, 11) is 0. The Kier molecular flexibility index (Phi) is 6.11. The summed E-state index contributed by atoms with van der Waals surface area (Å²) in [5, 5.41) is 2.88. The number of carbonyl (C=O) groups excluding carboxylic acids is 1. The Morgan fingerprint density at radius 2 is 2.04 bits per heavy atom. The van der Waals surface area contributed by atoms with Crippen molar-refractivity contribution in [2.24, 2.45) is 5.92 Å². The Hall–Kier alpha value is -1.05. The minimum absolute atomic E-state index is 0.324. The maximum absolute atomic E-state index is 11.7. The Morgan fingerprint density at radius 1 is 1.39 bits per heavy atom. The number of nitrogens with one attached hydrogen (secondary N) is 1. The van der Waals surface area contributed by atoms with Crippen LogP contribution in [0.2, 0.25) is 0 Å². The number of piperidine rings is 1. The van der Waals surface area contributed by atoms with Gasteiger partial charge in [0.15, 0.2) is 0 Å². The third-order valence-corrected chi connectivity index (χ3v) is 5.02. The van der Waals surface area contributed by atoms with Crippen molar-refractivity contribution in [2.75, 3.05) is 24.5 Å². The van der Waals surface area contributed by atoms with Crippen molar-refractivity contribution in [3.05, 3.63) is 21.4 Å². The minimum Gasteiger partial charge on any atom is -0.444 e. The highest BCUT2D eigenvalue weighted by molar-refractivity contribution is 14.1. The first-order valence-electron chi connectivity index (χ1n) is 8.09. The second kappa shape index (κ2) is 7.68. The fourth-order valence-corrected chi connectivity index (χ4v) is 2.92. The van der Waals surface area contributed by atoms with E-state index in [1.807, 2.05) is 27.7 Å². The average molecular weight is 431 g/mol. The zero-order valence-electron chi connectivity index (χ0n) is 14.4. The number of halogens is 1. The lowest BCUT2D eigenvalue weighted by atomic mass is 9.97. The molecular formula is C17H26IN3O2. The summed E-state index contributed by atoms with van der Waals surface area (Å²) in [5.41, 5.74) is 0.638. The van der Waals surface area contributed by atoms with Gasteiger partial charge in [0.25, 0.3) is 0 Å². The molecule has 6 heteroatoms. The second-order valence-electron chi connectivity index (χ2n) is 7.05. The van der Waals surface area contributed by atoms with Crippen molar-refractivity contribution >= 4 is 34.5 Å². The number of pyridine rings is 1. The molecule has 128 valence electrons. The van der Waals surface area contributed by atoms with Gasteiger partial charge in [-0.2, -0.15) is 0 Å². The molecular weight excluding hydrogens is 405 g/mol. The molecule has 0 bridgehead atoms. The summed E-state index contributed by atoms with van der Waals surface area (Å²) in [4.78, 5) is 18.7. The maximum Gasteiger partial charge on any atom is 0.407 e. The van der Waals surface area contributed by atoms with Gasteiger partial charge in [-0.15, -0.1) is 0 Å². The number of alkyl carbamates (subject to hydrolysis) is 1. The third-order valence-electron chi connectivity index (χ3n) is 3.88. The van der Waals surface area contributed by atoms with Crippen LogP contribution in [0, 0.1) is 16.4 Å². The van der Waals surface area contributed by atoms with E-state index < -0.39 is 5.60 Å². The van der Waals surface area contributed by atoms with Gasteiger partial charge in [0.1, 0.15) is 11.4 Å². The van der Waals surface area contributed by atoms with Crippen LogP contribution in [0.25, 0.3) is 0 Å². The van der Waals surface area contributed by atoms with E-state index in [1.165, 1.54) is 3.57 Å². The van der Waals surface area contributed by atoms with Crippen molar-refractivity contribution in [1.29, 1.82) is 0 Å². The second-order valence-corrected chi connectivity index (χ2v) is 8.21. The van der Waals surface area contributed by atoms with E-state index in [4.69, 9.17) is 4.74 Å². The number of nitrogens with zero attached hydrogens (tertiary/aromatic N) is 2. The smallest absolute Gasteiger partial charge is 0.407 e. The number of ether oxygens (including phenoxy) is 1. The van der Waals surface area contributed by atoms with Crippen molar-refractivity contribution < 1.29 is 9.53 Å². The molecule has 23 heavy (non-hydrogen) atoms. The predicted molar refractivity (Wildman–Crippen MR) is 101 cm³/mol. The molecule has 5 nitrogen and oxygen atoms in total. The molecule has 1 N–H and O–H groups in total. The van der Waals surface area contributed by atoms with Gasteiger partial charge >= 0.3 is 6.09 Å². The minimum atomic E-state index is -0.443. The van der Waals surface area contributed by atoms with Gasteiger partial charge in [-0.25, -0.2) is 9.78 Å². The molecule has 0 aromatic carbocycles. The summed E-state index contributed by atoms with van der Waals surface area (Å²) in [5.74, 6) is 1.56. The lowest BCUT2D eigenvalue weighted by molar-refractivity contribution is 0.0517. The maximum atomic E-state index is 11.7. The van der Waals surface area contributed by atoms with E-state index in [0.29, 0.717) is 12.5 Å². The zero-order chi connectivity index (χ0) is 17.0. The lowest BCUT2D eigenvalue weighted by Gasteiger charge is -2.33. The quantitative estimate of drug-likeness (QED) is 0.742. The lowest BCUT2D eigenvalue weighted by Crippen LogP contribution is -2.40. The monoisotopic (exact) mass is 431 g/mol. The molecule has 1 aliphatic rings. The Morgan fingerprint density at radius 3 is 2.61 bits per heavy atom. The summed E-state index contributed by atoms with van der Waals surface area (Å²) in [6.07, 6.45) is 1.79. The molecule has 0 atom stereocenters. The van der Waals surface area contributed by atoms with E-state index in [9.17, 15) is 4.79 Å². The van der Waals surface area contributed by atoms with Crippen LogP contribution in [0.3, 0.4) is 0 Å². The molecule has 2 heterocycles. The SMILES string of the molecule is Cc1nc(N2CCC(CNC(=O)OC(C)(C)C)CC2)ccc1I. The molecule has 0 saturated carbocycles. The van der Waals surface area contributed by atoms with Gasteiger partial charge < -0.3 is 15.0 Å². The highest BCUT2D eigenvalue weighted by atomic mass is 127. The standard InChI is InChI=1S/C17H26IN3O2/c1-12-14(18)5-6-15(20-12)21-9-7-13(8-10-21)11-19-16(22)23-17(2,3)4/h5-6,13H,7-11H2,1-4H3,(H,19,22). The molecule has 0 spiro atoms. The van der Waals surface area contributed by atoms with Crippen LogP contribution >= 0.6 is 22.6 Å². The van der Waals surface area contributed by atoms with E-state index in [2.05, 4.69) is 49.9 Å². The molecule has 2 rings (SSSR count). The first-order valence-corrected chi connectivity index (χ1v) is 9.17. The highest BCUT2D eigenvalue weighted by Crippen LogP contribution is 2.23. The van der Waals surface area contributed by atoms with Gasteiger partial charge in [-0.05, 0) is 81.2 Å². The molecule has 1 aromatic rings. The zero-order valence-corrected chi connectivity index (χ0v) is 16.5. The number of amides is 1. The van der Waals surface area contributed by atoms with Gasteiger partial charge in [-0.3, -0.25) is 0 Å². The van der Waals surface area contributed by atoms with Crippen LogP contribution in [0.15, 0.2) is 12.1 Å². The Balaban J connectivity index is 1.77. The van der Waals surface area contributed by atoms with Crippen LogP contribution < -0.4 is 10.2 Å². The van der Waals surface area contributed by atoms with Crippen molar-refractivity contribution in [3.63, 3.8) is 0 Å². The fraction of sp³-hybridized carbons (Fsp3) is 0.647. The molecule has 0 radical (unpaired) electrons. The summed E-state index contributed by atoms with van der Waals surface area (Å²) < 4.78 is 6.47. The van der Waals surface area contributed by atoms with E-state index in [-0.39, 0.29) is 6.09 Å². The molecule has 1 aliphatic heterocycles. The number of rotatable bonds is 3. The van der Waals surface area contributed by atoms with Crippen LogP contribution in [0.1, 0.15) is 39.3 Å². The Labute approximate surface area is 152 Å². The largest absolute Gasteiger partial charge is 0.444 e.